The van der Waals surface area contributed by atoms with Gasteiger partial charge in [0.15, 0.2) is 5.60 Å². The van der Waals surface area contributed by atoms with E-state index in [0.717, 1.165) is 18.6 Å². The van der Waals surface area contributed by atoms with Crippen LogP contribution < -0.4 is 15.2 Å². The lowest BCUT2D eigenvalue weighted by Crippen LogP contribution is -2.46. The van der Waals surface area contributed by atoms with E-state index in [-0.39, 0.29) is 5.91 Å². The maximum atomic E-state index is 11.6. The molecular weight excluding hydrogens is 230 g/mol. The highest BCUT2D eigenvalue weighted by molar-refractivity contribution is 5.84. The predicted molar refractivity (Wildman–Crippen MR) is 68.6 cm³/mol. The molecule has 1 aromatic rings. The number of carbonyl (C=O) groups excluding carboxylic acids is 1. The van der Waals surface area contributed by atoms with E-state index in [2.05, 4.69) is 0 Å². The smallest absolute Gasteiger partial charge is 0.261 e. The van der Waals surface area contributed by atoms with Gasteiger partial charge in [-0.15, -0.1) is 0 Å². The molecule has 0 heterocycles. The minimum absolute atomic E-state index is 0.373. The van der Waals surface area contributed by atoms with Crippen LogP contribution in [0, 0.1) is 0 Å². The quantitative estimate of drug-likeness (QED) is 0.870. The molecule has 0 saturated heterocycles. The zero-order valence-corrected chi connectivity index (χ0v) is 10.6. The molecular formula is C14H19NO3. The van der Waals surface area contributed by atoms with Crippen LogP contribution in [0.5, 0.6) is 11.5 Å². The van der Waals surface area contributed by atoms with E-state index in [4.69, 9.17) is 15.2 Å². The van der Waals surface area contributed by atoms with Gasteiger partial charge in [0, 0.05) is 6.07 Å². The first-order valence-electron chi connectivity index (χ1n) is 6.38. The summed E-state index contributed by atoms with van der Waals surface area (Å²) in [7, 11) is 0. The number of ether oxygens (including phenoxy) is 2. The normalized spacial score (nSPS) is 17.4. The van der Waals surface area contributed by atoms with Crippen molar-refractivity contribution in [2.75, 3.05) is 6.61 Å². The molecule has 1 aromatic carbocycles. The highest BCUT2D eigenvalue weighted by Gasteiger charge is 2.42. The topological polar surface area (TPSA) is 61.6 Å². The number of hydrogen-bond donors (Lipinski definition) is 1. The van der Waals surface area contributed by atoms with Crippen LogP contribution in [0.3, 0.4) is 0 Å². The van der Waals surface area contributed by atoms with E-state index in [1.54, 1.807) is 6.07 Å². The second kappa shape index (κ2) is 5.29. The highest BCUT2D eigenvalue weighted by atomic mass is 16.5. The van der Waals surface area contributed by atoms with E-state index in [9.17, 15) is 4.79 Å². The van der Waals surface area contributed by atoms with E-state index >= 15 is 0 Å². The van der Waals surface area contributed by atoms with E-state index in [1.165, 1.54) is 0 Å². The standard InChI is InChI=1S/C14H19NO3/c1-2-17-11-6-5-7-12(10-11)18-14(13(15)16)8-3-4-9-14/h5-7,10H,2-4,8-9H2,1H3,(H2,15,16). The second-order valence-electron chi connectivity index (χ2n) is 4.58. The Hall–Kier alpha value is -1.71. The second-order valence-corrected chi connectivity index (χ2v) is 4.58. The van der Waals surface area contributed by atoms with Crippen molar-refractivity contribution in [1.29, 1.82) is 0 Å². The van der Waals surface area contributed by atoms with Crippen molar-refractivity contribution in [2.45, 2.75) is 38.2 Å². The maximum absolute atomic E-state index is 11.6. The monoisotopic (exact) mass is 249 g/mol. The number of nitrogens with two attached hydrogens (primary N) is 1. The minimum Gasteiger partial charge on any atom is -0.494 e. The molecule has 0 bridgehead atoms. The van der Waals surface area contributed by atoms with Crippen LogP contribution in [0.4, 0.5) is 0 Å². The van der Waals surface area contributed by atoms with Gasteiger partial charge >= 0.3 is 0 Å². The Morgan fingerprint density at radius 3 is 2.61 bits per heavy atom. The number of amides is 1. The van der Waals surface area contributed by atoms with Crippen LogP contribution in [-0.2, 0) is 4.79 Å². The summed E-state index contributed by atoms with van der Waals surface area (Å²) in [6, 6.07) is 7.34. The number of primary amides is 1. The molecule has 2 N–H and O–H groups in total. The molecule has 1 amide bonds. The number of benzene rings is 1. The van der Waals surface area contributed by atoms with Gasteiger partial charge < -0.3 is 15.2 Å². The largest absolute Gasteiger partial charge is 0.494 e. The molecule has 1 fully saturated rings. The zero-order valence-electron chi connectivity index (χ0n) is 10.6. The predicted octanol–water partition coefficient (Wildman–Crippen LogP) is 2.26. The van der Waals surface area contributed by atoms with E-state index < -0.39 is 5.60 Å². The van der Waals surface area contributed by atoms with Crippen molar-refractivity contribution < 1.29 is 14.3 Å². The van der Waals surface area contributed by atoms with Crippen LogP contribution in [0.15, 0.2) is 24.3 Å². The molecule has 0 aliphatic heterocycles. The molecule has 18 heavy (non-hydrogen) atoms. The third-order valence-corrected chi connectivity index (χ3v) is 3.29. The first-order valence-corrected chi connectivity index (χ1v) is 6.38. The van der Waals surface area contributed by atoms with Gasteiger partial charge in [-0.25, -0.2) is 0 Å². The van der Waals surface area contributed by atoms with Gasteiger partial charge in [-0.05, 0) is 44.7 Å². The van der Waals surface area contributed by atoms with Gasteiger partial charge in [0.25, 0.3) is 5.91 Å². The molecule has 4 heteroatoms. The first kappa shape index (κ1) is 12.7. The Balaban J connectivity index is 2.16. The van der Waals surface area contributed by atoms with Crippen molar-refractivity contribution >= 4 is 5.91 Å². The van der Waals surface area contributed by atoms with Gasteiger partial charge in [0.05, 0.1) is 6.61 Å². The lowest BCUT2D eigenvalue weighted by atomic mass is 10.0. The van der Waals surface area contributed by atoms with Crippen molar-refractivity contribution in [2.24, 2.45) is 5.73 Å². The maximum Gasteiger partial charge on any atom is 0.261 e. The average Bonchev–Trinajstić information content (AvgIpc) is 2.80. The fourth-order valence-corrected chi connectivity index (χ4v) is 2.36. The minimum atomic E-state index is -0.829. The van der Waals surface area contributed by atoms with Gasteiger partial charge in [-0.3, -0.25) is 4.79 Å². The van der Waals surface area contributed by atoms with Crippen molar-refractivity contribution in [3.63, 3.8) is 0 Å². The van der Waals surface area contributed by atoms with E-state index in [1.807, 2.05) is 25.1 Å². The third kappa shape index (κ3) is 2.58. The summed E-state index contributed by atoms with van der Waals surface area (Å²) in [6.45, 7) is 2.53. The van der Waals surface area contributed by atoms with Gasteiger partial charge in [0.1, 0.15) is 11.5 Å². The Morgan fingerprint density at radius 1 is 1.33 bits per heavy atom. The SMILES string of the molecule is CCOc1cccc(OC2(C(N)=O)CCCC2)c1. The van der Waals surface area contributed by atoms with Crippen LogP contribution in [0.25, 0.3) is 0 Å². The summed E-state index contributed by atoms with van der Waals surface area (Å²) >= 11 is 0. The van der Waals surface area contributed by atoms with Crippen molar-refractivity contribution in [1.82, 2.24) is 0 Å². The highest BCUT2D eigenvalue weighted by Crippen LogP contribution is 2.35. The molecule has 0 unspecified atom stereocenters. The summed E-state index contributed by atoms with van der Waals surface area (Å²) in [5, 5.41) is 0. The Kier molecular flexibility index (Phi) is 3.75. The molecule has 0 radical (unpaired) electrons. The Bertz CT molecular complexity index is 425. The summed E-state index contributed by atoms with van der Waals surface area (Å²) < 4.78 is 11.3. The molecule has 0 spiro atoms. The average molecular weight is 249 g/mol. The summed E-state index contributed by atoms with van der Waals surface area (Å²) in [6.07, 6.45) is 3.35. The molecule has 0 aromatic heterocycles. The van der Waals surface area contributed by atoms with Gasteiger partial charge in [-0.2, -0.15) is 0 Å². The van der Waals surface area contributed by atoms with Crippen molar-refractivity contribution in [3.8, 4) is 11.5 Å². The van der Waals surface area contributed by atoms with Crippen LogP contribution in [-0.4, -0.2) is 18.1 Å². The molecule has 2 rings (SSSR count). The molecule has 98 valence electrons. The van der Waals surface area contributed by atoms with Crippen LogP contribution >= 0.6 is 0 Å². The number of hydrogen-bond acceptors (Lipinski definition) is 3. The fraction of sp³-hybridized carbons (Fsp3) is 0.500. The fourth-order valence-electron chi connectivity index (χ4n) is 2.36. The summed E-state index contributed by atoms with van der Waals surface area (Å²) in [5.41, 5.74) is 4.65. The first-order chi connectivity index (χ1) is 8.66. The molecule has 0 atom stereocenters. The summed E-state index contributed by atoms with van der Waals surface area (Å²) in [5.74, 6) is 1.01. The molecule has 1 aliphatic carbocycles. The Morgan fingerprint density at radius 2 is 2.00 bits per heavy atom. The third-order valence-electron chi connectivity index (χ3n) is 3.29. The van der Waals surface area contributed by atoms with E-state index in [0.29, 0.717) is 25.2 Å². The van der Waals surface area contributed by atoms with Crippen molar-refractivity contribution in [3.05, 3.63) is 24.3 Å². The lowest BCUT2D eigenvalue weighted by Gasteiger charge is -2.26. The van der Waals surface area contributed by atoms with Gasteiger partial charge in [-0.1, -0.05) is 6.07 Å². The molecule has 1 aliphatic rings. The number of rotatable bonds is 5. The summed E-state index contributed by atoms with van der Waals surface area (Å²) in [4.78, 5) is 11.6. The Labute approximate surface area is 107 Å². The van der Waals surface area contributed by atoms with Crippen LogP contribution in [0.1, 0.15) is 32.6 Å². The van der Waals surface area contributed by atoms with Gasteiger partial charge in [0.2, 0.25) is 0 Å². The zero-order chi connectivity index (χ0) is 13.0. The lowest BCUT2D eigenvalue weighted by molar-refractivity contribution is -0.132. The number of carbonyl (C=O) groups is 1. The molecule has 1 saturated carbocycles. The van der Waals surface area contributed by atoms with Crippen LogP contribution in [0.2, 0.25) is 0 Å². The molecule has 4 nitrogen and oxygen atoms in total.